The summed E-state index contributed by atoms with van der Waals surface area (Å²) in [4.78, 5) is 12.6. The van der Waals surface area contributed by atoms with Crippen molar-refractivity contribution in [1.82, 2.24) is 14.8 Å². The third-order valence-corrected chi connectivity index (χ3v) is 6.72. The number of hydrogen-bond acceptors (Lipinski definition) is 6. The molecular formula is C23H23IN4O3S. The predicted molar refractivity (Wildman–Crippen MR) is 135 cm³/mol. The van der Waals surface area contributed by atoms with Crippen molar-refractivity contribution in [2.75, 3.05) is 18.2 Å². The van der Waals surface area contributed by atoms with Crippen LogP contribution in [-0.2, 0) is 11.8 Å². The van der Waals surface area contributed by atoms with Crippen LogP contribution in [0.2, 0.25) is 0 Å². The first-order valence-corrected chi connectivity index (χ1v) is 12.1. The van der Waals surface area contributed by atoms with Gasteiger partial charge in [-0.15, -0.1) is 10.2 Å². The Bertz CT molecular complexity index is 1280. The van der Waals surface area contributed by atoms with Crippen molar-refractivity contribution in [2.24, 2.45) is 7.05 Å². The molecule has 1 N–H and O–H groups in total. The standard InChI is InChI=1S/C23H23IN4O3S/c1-13(2)16-11-15(24)8-9-17(16)25-20(29)12-32-23-27-26-22(28(23)3)19-10-14-6-5-7-18(30-4)21(14)31-19/h5-11,13H,12H2,1-4H3,(H,25,29). The lowest BCUT2D eigenvalue weighted by Gasteiger charge is -2.14. The van der Waals surface area contributed by atoms with E-state index in [2.05, 4.69) is 58.0 Å². The SMILES string of the molecule is COc1cccc2cc(-c3nnc(SCC(=O)Nc4ccc(I)cc4C(C)C)n3C)oc12. The fourth-order valence-corrected chi connectivity index (χ4v) is 4.63. The van der Waals surface area contributed by atoms with Crippen LogP contribution in [0, 0.1) is 3.57 Å². The van der Waals surface area contributed by atoms with Gasteiger partial charge in [0.1, 0.15) is 0 Å². The Morgan fingerprint density at radius 1 is 1.25 bits per heavy atom. The average molecular weight is 562 g/mol. The van der Waals surface area contributed by atoms with Gasteiger partial charge in [0, 0.05) is 21.7 Å². The zero-order valence-electron chi connectivity index (χ0n) is 18.2. The van der Waals surface area contributed by atoms with E-state index in [0.29, 0.717) is 34.0 Å². The molecule has 2 aromatic heterocycles. The monoisotopic (exact) mass is 562 g/mol. The number of benzene rings is 2. The van der Waals surface area contributed by atoms with Gasteiger partial charge in [-0.25, -0.2) is 0 Å². The zero-order valence-corrected chi connectivity index (χ0v) is 21.2. The second-order valence-electron chi connectivity index (χ2n) is 7.58. The summed E-state index contributed by atoms with van der Waals surface area (Å²) in [7, 11) is 3.47. The number of methoxy groups -OCH3 is 1. The molecule has 0 saturated carbocycles. The lowest BCUT2D eigenvalue weighted by molar-refractivity contribution is -0.113. The van der Waals surface area contributed by atoms with E-state index < -0.39 is 0 Å². The van der Waals surface area contributed by atoms with Crippen LogP contribution in [0.5, 0.6) is 5.75 Å². The van der Waals surface area contributed by atoms with Gasteiger partial charge in [-0.05, 0) is 64.4 Å². The average Bonchev–Trinajstić information content (AvgIpc) is 3.36. The third-order valence-electron chi connectivity index (χ3n) is 5.03. The highest BCUT2D eigenvalue weighted by molar-refractivity contribution is 14.1. The number of ether oxygens (including phenoxy) is 1. The zero-order chi connectivity index (χ0) is 22.8. The molecular weight excluding hydrogens is 539 g/mol. The molecule has 4 rings (SSSR count). The van der Waals surface area contributed by atoms with Crippen LogP contribution in [0.3, 0.4) is 0 Å². The molecule has 32 heavy (non-hydrogen) atoms. The predicted octanol–water partition coefficient (Wildman–Crippen LogP) is 5.70. The number of carbonyl (C=O) groups excluding carboxylic acids is 1. The van der Waals surface area contributed by atoms with E-state index in [0.717, 1.165) is 20.2 Å². The third kappa shape index (κ3) is 4.63. The molecule has 0 bridgehead atoms. The number of rotatable bonds is 7. The van der Waals surface area contributed by atoms with Crippen LogP contribution in [0.25, 0.3) is 22.6 Å². The fraction of sp³-hybridized carbons (Fsp3) is 0.261. The van der Waals surface area contributed by atoms with Crippen molar-refractivity contribution in [2.45, 2.75) is 24.9 Å². The summed E-state index contributed by atoms with van der Waals surface area (Å²) in [6.45, 7) is 4.23. The molecule has 0 aliphatic heterocycles. The molecule has 0 atom stereocenters. The molecule has 0 fully saturated rings. The summed E-state index contributed by atoms with van der Waals surface area (Å²) in [6, 6.07) is 13.7. The minimum Gasteiger partial charge on any atom is -0.493 e. The maximum Gasteiger partial charge on any atom is 0.234 e. The highest BCUT2D eigenvalue weighted by atomic mass is 127. The van der Waals surface area contributed by atoms with E-state index in [1.807, 2.05) is 48.0 Å². The molecule has 7 nitrogen and oxygen atoms in total. The Kier molecular flexibility index (Phi) is 6.75. The number of nitrogens with zero attached hydrogens (tertiary/aromatic N) is 3. The van der Waals surface area contributed by atoms with Gasteiger partial charge in [-0.2, -0.15) is 0 Å². The van der Waals surface area contributed by atoms with Crippen molar-refractivity contribution in [1.29, 1.82) is 0 Å². The summed E-state index contributed by atoms with van der Waals surface area (Å²) in [6.07, 6.45) is 0. The first kappa shape index (κ1) is 22.7. The van der Waals surface area contributed by atoms with Crippen molar-refractivity contribution >= 4 is 56.9 Å². The molecule has 0 saturated heterocycles. The van der Waals surface area contributed by atoms with E-state index in [9.17, 15) is 4.79 Å². The fourth-order valence-electron chi connectivity index (χ4n) is 3.40. The van der Waals surface area contributed by atoms with E-state index in [4.69, 9.17) is 9.15 Å². The van der Waals surface area contributed by atoms with Gasteiger partial charge in [0.25, 0.3) is 0 Å². The number of amides is 1. The number of nitrogens with one attached hydrogen (secondary N) is 1. The molecule has 0 aliphatic carbocycles. The summed E-state index contributed by atoms with van der Waals surface area (Å²) < 4.78 is 14.3. The molecule has 0 unspecified atom stereocenters. The minimum atomic E-state index is -0.0869. The Morgan fingerprint density at radius 2 is 2.06 bits per heavy atom. The van der Waals surface area contributed by atoms with Crippen molar-refractivity contribution in [3.05, 3.63) is 51.6 Å². The topological polar surface area (TPSA) is 82.2 Å². The van der Waals surface area contributed by atoms with Crippen LogP contribution in [0.4, 0.5) is 5.69 Å². The largest absolute Gasteiger partial charge is 0.493 e. The normalized spacial score (nSPS) is 11.3. The van der Waals surface area contributed by atoms with Crippen LogP contribution in [-0.4, -0.2) is 33.5 Å². The smallest absolute Gasteiger partial charge is 0.234 e. The number of anilines is 1. The molecule has 2 heterocycles. The van der Waals surface area contributed by atoms with Crippen LogP contribution in [0.1, 0.15) is 25.3 Å². The summed E-state index contributed by atoms with van der Waals surface area (Å²) in [5.41, 5.74) is 2.64. The van der Waals surface area contributed by atoms with Crippen LogP contribution < -0.4 is 10.1 Å². The van der Waals surface area contributed by atoms with E-state index in [1.54, 1.807) is 7.11 Å². The van der Waals surface area contributed by atoms with Crippen molar-refractivity contribution < 1.29 is 13.9 Å². The molecule has 1 amide bonds. The van der Waals surface area contributed by atoms with Gasteiger partial charge in [0.2, 0.25) is 5.91 Å². The summed E-state index contributed by atoms with van der Waals surface area (Å²) in [5, 5.41) is 13.1. The number of carbonyl (C=O) groups is 1. The first-order valence-electron chi connectivity index (χ1n) is 10.1. The number of para-hydroxylation sites is 1. The summed E-state index contributed by atoms with van der Waals surface area (Å²) in [5.74, 6) is 2.30. The molecule has 0 spiro atoms. The maximum absolute atomic E-state index is 12.6. The maximum atomic E-state index is 12.6. The number of furan rings is 1. The lowest BCUT2D eigenvalue weighted by Crippen LogP contribution is -2.16. The number of hydrogen-bond donors (Lipinski definition) is 1. The van der Waals surface area contributed by atoms with Gasteiger partial charge in [0.15, 0.2) is 28.1 Å². The summed E-state index contributed by atoms with van der Waals surface area (Å²) >= 11 is 3.61. The highest BCUT2D eigenvalue weighted by Gasteiger charge is 2.18. The van der Waals surface area contributed by atoms with E-state index >= 15 is 0 Å². The van der Waals surface area contributed by atoms with Gasteiger partial charge in [0.05, 0.1) is 12.9 Å². The van der Waals surface area contributed by atoms with E-state index in [1.165, 1.54) is 11.8 Å². The minimum absolute atomic E-state index is 0.0869. The Morgan fingerprint density at radius 3 is 2.81 bits per heavy atom. The van der Waals surface area contributed by atoms with Crippen molar-refractivity contribution in [3.8, 4) is 17.3 Å². The molecule has 166 valence electrons. The van der Waals surface area contributed by atoms with Gasteiger partial charge >= 0.3 is 0 Å². The number of aromatic nitrogens is 3. The first-order chi connectivity index (χ1) is 15.4. The highest BCUT2D eigenvalue weighted by Crippen LogP contribution is 2.33. The second-order valence-corrected chi connectivity index (χ2v) is 9.77. The molecule has 0 radical (unpaired) electrons. The Labute approximate surface area is 204 Å². The van der Waals surface area contributed by atoms with Gasteiger partial charge < -0.3 is 19.0 Å². The van der Waals surface area contributed by atoms with E-state index in [-0.39, 0.29) is 11.7 Å². The number of thioether (sulfide) groups is 1. The molecule has 0 aliphatic rings. The molecule has 9 heteroatoms. The van der Waals surface area contributed by atoms with Gasteiger partial charge in [-0.3, -0.25) is 4.79 Å². The van der Waals surface area contributed by atoms with Gasteiger partial charge in [-0.1, -0.05) is 37.7 Å². The lowest BCUT2D eigenvalue weighted by atomic mass is 10.0. The Hall–Kier alpha value is -2.53. The number of halogens is 1. The Balaban J connectivity index is 1.48. The molecule has 4 aromatic rings. The van der Waals surface area contributed by atoms with Crippen LogP contribution >= 0.6 is 34.4 Å². The van der Waals surface area contributed by atoms with Crippen LogP contribution in [0.15, 0.2) is 52.0 Å². The molecule has 2 aromatic carbocycles. The van der Waals surface area contributed by atoms with Crippen molar-refractivity contribution in [3.63, 3.8) is 0 Å². The number of fused-ring (bicyclic) bond motifs is 1. The quantitative estimate of drug-likeness (QED) is 0.230. The second kappa shape index (κ2) is 9.53.